The molecule has 1 fully saturated rings. The second-order valence-electron chi connectivity index (χ2n) is 6.28. The summed E-state index contributed by atoms with van der Waals surface area (Å²) in [6, 6.07) is 9.94. The fourth-order valence-corrected chi connectivity index (χ4v) is 3.09. The average Bonchev–Trinajstić information content (AvgIpc) is 2.68. The zero-order valence-corrected chi connectivity index (χ0v) is 14.6. The molecule has 2 aromatic heterocycles. The van der Waals surface area contributed by atoms with E-state index in [9.17, 15) is 4.79 Å². The molecule has 1 N–H and O–H groups in total. The summed E-state index contributed by atoms with van der Waals surface area (Å²) in [6.45, 7) is 6.14. The Morgan fingerprint density at radius 2 is 1.88 bits per heavy atom. The van der Waals surface area contributed by atoms with Gasteiger partial charge in [-0.05, 0) is 36.2 Å². The fraction of sp³-hybridized carbons (Fsp3) is 0.421. The summed E-state index contributed by atoms with van der Waals surface area (Å²) in [5.74, 6) is 0. The van der Waals surface area contributed by atoms with Gasteiger partial charge in [-0.3, -0.25) is 14.9 Å². The SMILES string of the molecule is CCC(NC(=O)N1CCN(Cc2ccccn2)CC1)c1ccncc1. The van der Waals surface area contributed by atoms with Gasteiger partial charge in [0, 0.05) is 51.3 Å². The zero-order chi connectivity index (χ0) is 17.5. The summed E-state index contributed by atoms with van der Waals surface area (Å²) in [4.78, 5) is 25.2. The third-order valence-corrected chi connectivity index (χ3v) is 4.59. The largest absolute Gasteiger partial charge is 0.331 e. The number of pyridine rings is 2. The molecule has 1 saturated heterocycles. The van der Waals surface area contributed by atoms with Crippen LogP contribution in [0.25, 0.3) is 0 Å². The molecule has 6 nitrogen and oxygen atoms in total. The molecule has 2 amide bonds. The first kappa shape index (κ1) is 17.4. The highest BCUT2D eigenvalue weighted by molar-refractivity contribution is 5.74. The number of hydrogen-bond donors (Lipinski definition) is 1. The predicted molar refractivity (Wildman–Crippen MR) is 96.9 cm³/mol. The molecule has 1 aliphatic rings. The van der Waals surface area contributed by atoms with E-state index < -0.39 is 0 Å². The summed E-state index contributed by atoms with van der Waals surface area (Å²) < 4.78 is 0. The van der Waals surface area contributed by atoms with Crippen LogP contribution in [-0.2, 0) is 6.54 Å². The highest BCUT2D eigenvalue weighted by Crippen LogP contribution is 2.16. The van der Waals surface area contributed by atoms with Gasteiger partial charge in [0.15, 0.2) is 0 Å². The van der Waals surface area contributed by atoms with Gasteiger partial charge in [-0.1, -0.05) is 13.0 Å². The summed E-state index contributed by atoms with van der Waals surface area (Å²) in [5.41, 5.74) is 2.17. The number of nitrogens with zero attached hydrogens (tertiary/aromatic N) is 4. The van der Waals surface area contributed by atoms with Crippen LogP contribution in [0.3, 0.4) is 0 Å². The molecule has 25 heavy (non-hydrogen) atoms. The fourth-order valence-electron chi connectivity index (χ4n) is 3.09. The Bertz CT molecular complexity index is 656. The Labute approximate surface area is 148 Å². The predicted octanol–water partition coefficient (Wildman–Crippen LogP) is 2.46. The number of nitrogens with one attached hydrogen (secondary N) is 1. The Kier molecular flexibility index (Phi) is 5.95. The van der Waals surface area contributed by atoms with Crippen LogP contribution in [0, 0.1) is 0 Å². The lowest BCUT2D eigenvalue weighted by molar-refractivity contribution is 0.132. The summed E-state index contributed by atoms with van der Waals surface area (Å²) in [5, 5.41) is 3.15. The minimum absolute atomic E-state index is 0.0150. The number of carbonyl (C=O) groups excluding carboxylic acids is 1. The van der Waals surface area contributed by atoms with Crippen molar-refractivity contribution in [2.45, 2.75) is 25.9 Å². The molecule has 6 heteroatoms. The van der Waals surface area contributed by atoms with Crippen molar-refractivity contribution >= 4 is 6.03 Å². The number of aromatic nitrogens is 2. The number of hydrogen-bond acceptors (Lipinski definition) is 4. The van der Waals surface area contributed by atoms with Crippen LogP contribution in [-0.4, -0.2) is 52.0 Å². The van der Waals surface area contributed by atoms with Gasteiger partial charge in [-0.2, -0.15) is 0 Å². The molecule has 1 aliphatic heterocycles. The van der Waals surface area contributed by atoms with Crippen molar-refractivity contribution in [2.24, 2.45) is 0 Å². The molecular weight excluding hydrogens is 314 g/mol. The van der Waals surface area contributed by atoms with Crippen molar-refractivity contribution in [3.8, 4) is 0 Å². The quantitative estimate of drug-likeness (QED) is 0.909. The van der Waals surface area contributed by atoms with E-state index in [1.807, 2.05) is 41.4 Å². The van der Waals surface area contributed by atoms with Gasteiger partial charge in [-0.15, -0.1) is 0 Å². The molecule has 3 heterocycles. The minimum atomic E-state index is 0.0150. The normalized spacial score (nSPS) is 16.4. The van der Waals surface area contributed by atoms with Crippen LogP contribution < -0.4 is 5.32 Å². The third kappa shape index (κ3) is 4.76. The monoisotopic (exact) mass is 339 g/mol. The lowest BCUT2D eigenvalue weighted by atomic mass is 10.1. The van der Waals surface area contributed by atoms with Crippen LogP contribution in [0.1, 0.15) is 30.6 Å². The van der Waals surface area contributed by atoms with E-state index in [4.69, 9.17) is 0 Å². The van der Waals surface area contributed by atoms with Crippen LogP contribution in [0.4, 0.5) is 4.79 Å². The van der Waals surface area contributed by atoms with Gasteiger partial charge in [0.1, 0.15) is 0 Å². The van der Waals surface area contributed by atoms with E-state index in [0.29, 0.717) is 0 Å². The maximum absolute atomic E-state index is 12.6. The second-order valence-corrected chi connectivity index (χ2v) is 6.28. The first-order valence-electron chi connectivity index (χ1n) is 8.84. The molecule has 3 rings (SSSR count). The van der Waals surface area contributed by atoms with E-state index in [1.165, 1.54) is 0 Å². The van der Waals surface area contributed by atoms with Crippen molar-refractivity contribution in [1.29, 1.82) is 0 Å². The van der Waals surface area contributed by atoms with Crippen LogP contribution >= 0.6 is 0 Å². The number of urea groups is 1. The second kappa shape index (κ2) is 8.58. The number of carbonyl (C=O) groups is 1. The highest BCUT2D eigenvalue weighted by Gasteiger charge is 2.23. The van der Waals surface area contributed by atoms with Gasteiger partial charge in [0.05, 0.1) is 11.7 Å². The first-order valence-corrected chi connectivity index (χ1v) is 8.84. The van der Waals surface area contributed by atoms with Gasteiger partial charge in [-0.25, -0.2) is 4.79 Å². The smallest absolute Gasteiger partial charge is 0.317 e. The summed E-state index contributed by atoms with van der Waals surface area (Å²) in [6.07, 6.45) is 6.21. The van der Waals surface area contributed by atoms with Crippen molar-refractivity contribution < 1.29 is 4.79 Å². The maximum Gasteiger partial charge on any atom is 0.317 e. The van der Waals surface area contributed by atoms with Crippen molar-refractivity contribution in [2.75, 3.05) is 26.2 Å². The van der Waals surface area contributed by atoms with Crippen LogP contribution in [0.2, 0.25) is 0 Å². The Hall–Kier alpha value is -2.47. The number of rotatable bonds is 5. The molecule has 132 valence electrons. The van der Waals surface area contributed by atoms with Crippen molar-refractivity contribution in [3.05, 3.63) is 60.2 Å². The number of piperazine rings is 1. The van der Waals surface area contributed by atoms with Gasteiger partial charge in [0.2, 0.25) is 0 Å². The van der Waals surface area contributed by atoms with Crippen LogP contribution in [0.15, 0.2) is 48.9 Å². The summed E-state index contributed by atoms with van der Waals surface area (Å²) >= 11 is 0. The van der Waals surface area contributed by atoms with Crippen molar-refractivity contribution in [1.82, 2.24) is 25.1 Å². The molecule has 1 unspecified atom stereocenters. The lowest BCUT2D eigenvalue weighted by Gasteiger charge is -2.35. The molecule has 0 saturated carbocycles. The van der Waals surface area contributed by atoms with Gasteiger partial charge < -0.3 is 10.2 Å². The first-order chi connectivity index (χ1) is 12.3. The Morgan fingerprint density at radius 1 is 1.12 bits per heavy atom. The standard InChI is InChI=1S/C19H25N5O/c1-2-18(16-6-9-20-10-7-16)22-19(25)24-13-11-23(12-14-24)15-17-5-3-4-8-21-17/h3-10,18H,2,11-15H2,1H3,(H,22,25). The van der Waals surface area contributed by atoms with E-state index in [-0.39, 0.29) is 12.1 Å². The van der Waals surface area contributed by atoms with E-state index in [1.54, 1.807) is 12.4 Å². The Morgan fingerprint density at radius 3 is 2.52 bits per heavy atom. The molecule has 1 atom stereocenters. The van der Waals surface area contributed by atoms with E-state index in [2.05, 4.69) is 27.1 Å². The number of amides is 2. The molecule has 0 aromatic carbocycles. The Balaban J connectivity index is 1.49. The van der Waals surface area contributed by atoms with E-state index in [0.717, 1.165) is 50.4 Å². The zero-order valence-electron chi connectivity index (χ0n) is 14.6. The molecule has 0 radical (unpaired) electrons. The third-order valence-electron chi connectivity index (χ3n) is 4.59. The minimum Gasteiger partial charge on any atom is -0.331 e. The molecule has 0 spiro atoms. The molecule has 0 bridgehead atoms. The average molecular weight is 339 g/mol. The topological polar surface area (TPSA) is 61.4 Å². The molecular formula is C19H25N5O. The van der Waals surface area contributed by atoms with Crippen LogP contribution in [0.5, 0.6) is 0 Å². The summed E-state index contributed by atoms with van der Waals surface area (Å²) in [7, 11) is 0. The lowest BCUT2D eigenvalue weighted by Crippen LogP contribution is -2.52. The van der Waals surface area contributed by atoms with Gasteiger partial charge >= 0.3 is 6.03 Å². The molecule has 2 aromatic rings. The van der Waals surface area contributed by atoms with E-state index >= 15 is 0 Å². The highest BCUT2D eigenvalue weighted by atomic mass is 16.2. The van der Waals surface area contributed by atoms with Crippen molar-refractivity contribution in [3.63, 3.8) is 0 Å². The molecule has 0 aliphatic carbocycles. The maximum atomic E-state index is 12.6. The van der Waals surface area contributed by atoms with Gasteiger partial charge in [0.25, 0.3) is 0 Å².